The first-order valence-electron chi connectivity index (χ1n) is 4.88. The number of aromatic nitrogens is 2. The van der Waals surface area contributed by atoms with Crippen LogP contribution in [0.2, 0.25) is 0 Å². The summed E-state index contributed by atoms with van der Waals surface area (Å²) < 4.78 is 0. The highest BCUT2D eigenvalue weighted by atomic mass is 32.1. The molecule has 0 aliphatic carbocycles. The monoisotopic (exact) mass is 219 g/mol. The SMILES string of the molecule is Cc1sc(-c2cccnc2)nc1CCN. The second-order valence-electron chi connectivity index (χ2n) is 3.30. The van der Waals surface area contributed by atoms with Crippen molar-refractivity contribution in [3.63, 3.8) is 0 Å². The van der Waals surface area contributed by atoms with Crippen molar-refractivity contribution >= 4 is 11.3 Å². The van der Waals surface area contributed by atoms with E-state index in [-0.39, 0.29) is 0 Å². The highest BCUT2D eigenvalue weighted by molar-refractivity contribution is 7.15. The molecule has 0 saturated carbocycles. The van der Waals surface area contributed by atoms with E-state index < -0.39 is 0 Å². The van der Waals surface area contributed by atoms with E-state index in [1.807, 2.05) is 18.3 Å². The van der Waals surface area contributed by atoms with E-state index in [0.29, 0.717) is 6.54 Å². The van der Waals surface area contributed by atoms with Crippen LogP contribution in [-0.2, 0) is 6.42 Å². The van der Waals surface area contributed by atoms with E-state index in [2.05, 4.69) is 16.9 Å². The van der Waals surface area contributed by atoms with Gasteiger partial charge in [0.05, 0.1) is 5.69 Å². The Kier molecular flexibility index (Phi) is 3.08. The molecule has 78 valence electrons. The van der Waals surface area contributed by atoms with Crippen molar-refractivity contribution in [1.82, 2.24) is 9.97 Å². The summed E-state index contributed by atoms with van der Waals surface area (Å²) in [6.45, 7) is 2.74. The Morgan fingerprint density at radius 1 is 1.47 bits per heavy atom. The van der Waals surface area contributed by atoms with Crippen LogP contribution in [0.25, 0.3) is 10.6 Å². The van der Waals surface area contributed by atoms with Gasteiger partial charge in [-0.15, -0.1) is 11.3 Å². The second-order valence-corrected chi connectivity index (χ2v) is 4.51. The molecule has 15 heavy (non-hydrogen) atoms. The maximum atomic E-state index is 5.53. The largest absolute Gasteiger partial charge is 0.330 e. The molecule has 2 aromatic rings. The van der Waals surface area contributed by atoms with Crippen LogP contribution in [0, 0.1) is 6.92 Å². The van der Waals surface area contributed by atoms with E-state index in [1.165, 1.54) is 4.88 Å². The maximum Gasteiger partial charge on any atom is 0.125 e. The van der Waals surface area contributed by atoms with Crippen LogP contribution in [0.3, 0.4) is 0 Å². The van der Waals surface area contributed by atoms with Gasteiger partial charge in [0.25, 0.3) is 0 Å². The van der Waals surface area contributed by atoms with Gasteiger partial charge in [-0.1, -0.05) is 0 Å². The number of pyridine rings is 1. The van der Waals surface area contributed by atoms with Crippen LogP contribution in [0.1, 0.15) is 10.6 Å². The molecular weight excluding hydrogens is 206 g/mol. The first-order valence-corrected chi connectivity index (χ1v) is 5.69. The molecule has 0 unspecified atom stereocenters. The summed E-state index contributed by atoms with van der Waals surface area (Å²) in [5, 5.41) is 1.03. The lowest BCUT2D eigenvalue weighted by atomic mass is 10.3. The van der Waals surface area contributed by atoms with Gasteiger partial charge in [-0.25, -0.2) is 4.98 Å². The highest BCUT2D eigenvalue weighted by Crippen LogP contribution is 2.26. The Labute approximate surface area is 93.0 Å². The van der Waals surface area contributed by atoms with Crippen LogP contribution in [0.15, 0.2) is 24.5 Å². The molecule has 3 nitrogen and oxygen atoms in total. The van der Waals surface area contributed by atoms with Crippen LogP contribution >= 0.6 is 11.3 Å². The third-order valence-electron chi connectivity index (χ3n) is 2.18. The van der Waals surface area contributed by atoms with Crippen molar-refractivity contribution in [2.24, 2.45) is 5.73 Å². The predicted octanol–water partition coefficient (Wildman–Crippen LogP) is 2.01. The first-order chi connectivity index (χ1) is 7.31. The summed E-state index contributed by atoms with van der Waals surface area (Å²) in [6.07, 6.45) is 4.46. The Morgan fingerprint density at radius 3 is 3.00 bits per heavy atom. The fraction of sp³-hybridized carbons (Fsp3) is 0.273. The molecule has 0 aliphatic heterocycles. The molecule has 0 aliphatic rings. The molecule has 0 fully saturated rings. The van der Waals surface area contributed by atoms with E-state index in [0.717, 1.165) is 22.7 Å². The van der Waals surface area contributed by atoms with Crippen molar-refractivity contribution in [3.05, 3.63) is 35.1 Å². The van der Waals surface area contributed by atoms with Crippen LogP contribution in [-0.4, -0.2) is 16.5 Å². The summed E-state index contributed by atoms with van der Waals surface area (Å²) >= 11 is 1.70. The minimum Gasteiger partial charge on any atom is -0.330 e. The second kappa shape index (κ2) is 4.51. The topological polar surface area (TPSA) is 51.8 Å². The number of thiazole rings is 1. The van der Waals surface area contributed by atoms with Crippen LogP contribution in [0.4, 0.5) is 0 Å². The maximum absolute atomic E-state index is 5.53. The third-order valence-corrected chi connectivity index (χ3v) is 3.24. The van der Waals surface area contributed by atoms with Crippen molar-refractivity contribution in [2.45, 2.75) is 13.3 Å². The van der Waals surface area contributed by atoms with Crippen LogP contribution < -0.4 is 5.73 Å². The number of rotatable bonds is 3. The Hall–Kier alpha value is -1.26. The van der Waals surface area contributed by atoms with Crippen molar-refractivity contribution in [2.75, 3.05) is 6.54 Å². The summed E-state index contributed by atoms with van der Waals surface area (Å²) in [7, 11) is 0. The van der Waals surface area contributed by atoms with Crippen molar-refractivity contribution < 1.29 is 0 Å². The number of nitrogens with two attached hydrogens (primary N) is 1. The molecule has 4 heteroatoms. The third kappa shape index (κ3) is 2.22. The number of hydrogen-bond donors (Lipinski definition) is 1. The average Bonchev–Trinajstić information content (AvgIpc) is 2.63. The zero-order valence-electron chi connectivity index (χ0n) is 8.60. The lowest BCUT2D eigenvalue weighted by molar-refractivity contribution is 0.927. The molecule has 0 amide bonds. The molecule has 0 bridgehead atoms. The fourth-order valence-electron chi connectivity index (χ4n) is 1.41. The van der Waals surface area contributed by atoms with Gasteiger partial charge in [-0.05, 0) is 25.6 Å². The molecule has 0 aromatic carbocycles. The summed E-state index contributed by atoms with van der Waals surface area (Å²) in [5.74, 6) is 0. The molecule has 2 heterocycles. The molecule has 2 N–H and O–H groups in total. The van der Waals surface area contributed by atoms with Gasteiger partial charge in [-0.2, -0.15) is 0 Å². The first kappa shape index (κ1) is 10.3. The van der Waals surface area contributed by atoms with Gasteiger partial charge < -0.3 is 5.73 Å². The van der Waals surface area contributed by atoms with E-state index in [9.17, 15) is 0 Å². The minimum atomic E-state index is 0.650. The van der Waals surface area contributed by atoms with Gasteiger partial charge in [0.2, 0.25) is 0 Å². The Morgan fingerprint density at radius 2 is 2.33 bits per heavy atom. The molecule has 0 radical (unpaired) electrons. The van der Waals surface area contributed by atoms with Crippen LogP contribution in [0.5, 0.6) is 0 Å². The molecule has 2 rings (SSSR count). The normalized spacial score (nSPS) is 10.5. The van der Waals surface area contributed by atoms with Gasteiger partial charge in [0, 0.05) is 29.3 Å². The number of aryl methyl sites for hydroxylation is 1. The standard InChI is InChI=1S/C11H13N3S/c1-8-10(4-5-12)14-11(15-8)9-3-2-6-13-7-9/h2-3,6-7H,4-5,12H2,1H3. The van der Waals surface area contributed by atoms with E-state index >= 15 is 0 Å². The Balaban J connectivity index is 2.34. The predicted molar refractivity (Wildman–Crippen MR) is 62.8 cm³/mol. The zero-order valence-corrected chi connectivity index (χ0v) is 9.42. The summed E-state index contributed by atoms with van der Waals surface area (Å²) in [6, 6.07) is 3.95. The molecule has 2 aromatic heterocycles. The van der Waals surface area contributed by atoms with Crippen molar-refractivity contribution in [3.8, 4) is 10.6 Å². The minimum absolute atomic E-state index is 0.650. The van der Waals surface area contributed by atoms with E-state index in [1.54, 1.807) is 17.5 Å². The van der Waals surface area contributed by atoms with Crippen molar-refractivity contribution in [1.29, 1.82) is 0 Å². The molecule has 0 spiro atoms. The highest BCUT2D eigenvalue weighted by Gasteiger charge is 2.08. The van der Waals surface area contributed by atoms with E-state index in [4.69, 9.17) is 5.73 Å². The summed E-state index contributed by atoms with van der Waals surface area (Å²) in [4.78, 5) is 9.91. The van der Waals surface area contributed by atoms with Gasteiger partial charge >= 0.3 is 0 Å². The lowest BCUT2D eigenvalue weighted by Gasteiger charge is -1.93. The van der Waals surface area contributed by atoms with Gasteiger partial charge in [-0.3, -0.25) is 4.98 Å². The average molecular weight is 219 g/mol. The van der Waals surface area contributed by atoms with Gasteiger partial charge in [0.15, 0.2) is 0 Å². The quantitative estimate of drug-likeness (QED) is 0.859. The smallest absolute Gasteiger partial charge is 0.125 e. The zero-order chi connectivity index (χ0) is 10.7. The number of nitrogens with zero attached hydrogens (tertiary/aromatic N) is 2. The molecule has 0 atom stereocenters. The molecule has 0 saturated heterocycles. The molecular formula is C11H13N3S. The number of hydrogen-bond acceptors (Lipinski definition) is 4. The fourth-order valence-corrected chi connectivity index (χ4v) is 2.36. The lowest BCUT2D eigenvalue weighted by Crippen LogP contribution is -2.03. The Bertz CT molecular complexity index is 436. The summed E-state index contributed by atoms with van der Waals surface area (Å²) in [5.41, 5.74) is 7.72. The van der Waals surface area contributed by atoms with Gasteiger partial charge in [0.1, 0.15) is 5.01 Å².